The molecule has 1 atom stereocenters. The number of ether oxygens (including phenoxy) is 3. The van der Waals surface area contributed by atoms with Crippen LogP contribution in [0.3, 0.4) is 0 Å². The summed E-state index contributed by atoms with van der Waals surface area (Å²) in [6, 6.07) is 9.74. The fourth-order valence-corrected chi connectivity index (χ4v) is 3.94. The van der Waals surface area contributed by atoms with E-state index in [-0.39, 0.29) is 35.6 Å². The first-order chi connectivity index (χ1) is 15.5. The second-order valence-electron chi connectivity index (χ2n) is 6.85. The SMILES string of the molecule is CSc1nnc2c(n1)O[C@@H](c1cc3c(cc1[N+](=O)[O-])OCO3)N(C(C)=O)c1ccccc1-2. The zero-order valence-corrected chi connectivity index (χ0v) is 17.7. The Morgan fingerprint density at radius 1 is 1.22 bits per heavy atom. The first kappa shape index (κ1) is 20.0. The molecule has 12 heteroatoms. The Labute approximate surface area is 185 Å². The van der Waals surface area contributed by atoms with Gasteiger partial charge >= 0.3 is 0 Å². The number of carbonyl (C=O) groups is 1. The van der Waals surface area contributed by atoms with Crippen molar-refractivity contribution in [2.24, 2.45) is 0 Å². The fraction of sp³-hybridized carbons (Fsp3) is 0.200. The number of amides is 1. The van der Waals surface area contributed by atoms with Gasteiger partial charge < -0.3 is 14.2 Å². The standard InChI is InChI=1S/C20H15N5O6S/c1-10(26)24-13-6-4-3-5-11(13)17-18(21-20(32-2)23-22-17)31-19(24)12-7-15-16(30-9-29-15)8-14(12)25(27)28/h3-8,19H,9H2,1-2H3/t19-/m0/s1. The molecule has 0 fully saturated rings. The number of benzene rings is 2. The molecule has 2 aliphatic heterocycles. The third-order valence-corrected chi connectivity index (χ3v) is 5.56. The molecule has 0 radical (unpaired) electrons. The van der Waals surface area contributed by atoms with Crippen molar-refractivity contribution in [1.82, 2.24) is 15.2 Å². The van der Waals surface area contributed by atoms with Crippen molar-refractivity contribution < 1.29 is 23.9 Å². The first-order valence-corrected chi connectivity index (χ1v) is 10.6. The third kappa shape index (κ3) is 3.15. The molecule has 0 aliphatic carbocycles. The van der Waals surface area contributed by atoms with E-state index in [1.807, 2.05) is 0 Å². The summed E-state index contributed by atoms with van der Waals surface area (Å²) in [6.07, 6.45) is 0.576. The van der Waals surface area contributed by atoms with Crippen LogP contribution in [0.2, 0.25) is 0 Å². The number of carbonyl (C=O) groups excluding carboxylic acids is 1. The van der Waals surface area contributed by atoms with Crippen LogP contribution in [0.5, 0.6) is 17.4 Å². The lowest BCUT2D eigenvalue weighted by Crippen LogP contribution is -2.36. The van der Waals surface area contributed by atoms with Crippen molar-refractivity contribution >= 4 is 29.0 Å². The number of anilines is 1. The van der Waals surface area contributed by atoms with E-state index in [1.54, 1.807) is 30.5 Å². The van der Waals surface area contributed by atoms with Crippen LogP contribution in [0, 0.1) is 10.1 Å². The van der Waals surface area contributed by atoms with Crippen LogP contribution in [0.25, 0.3) is 11.3 Å². The zero-order chi connectivity index (χ0) is 22.4. The molecule has 2 aliphatic rings. The Morgan fingerprint density at radius 2 is 1.97 bits per heavy atom. The van der Waals surface area contributed by atoms with E-state index in [2.05, 4.69) is 15.2 Å². The van der Waals surface area contributed by atoms with E-state index in [1.165, 1.54) is 35.7 Å². The van der Waals surface area contributed by atoms with Gasteiger partial charge in [-0.25, -0.2) is 0 Å². The number of fused-ring (bicyclic) bond motifs is 4. The number of hydrogen-bond acceptors (Lipinski definition) is 10. The van der Waals surface area contributed by atoms with Crippen LogP contribution < -0.4 is 19.1 Å². The van der Waals surface area contributed by atoms with Crippen LogP contribution in [0.15, 0.2) is 41.6 Å². The summed E-state index contributed by atoms with van der Waals surface area (Å²) in [7, 11) is 0. The number of hydrogen-bond donors (Lipinski definition) is 0. The minimum absolute atomic E-state index is 0.0578. The van der Waals surface area contributed by atoms with Gasteiger partial charge in [0.05, 0.1) is 22.2 Å². The van der Waals surface area contributed by atoms with Gasteiger partial charge in [0.25, 0.3) is 5.69 Å². The summed E-state index contributed by atoms with van der Waals surface area (Å²) in [5, 5.41) is 20.6. The normalized spacial score (nSPS) is 15.9. The van der Waals surface area contributed by atoms with E-state index in [9.17, 15) is 14.9 Å². The Morgan fingerprint density at radius 3 is 2.69 bits per heavy atom. The molecule has 1 aromatic heterocycles. The number of thioether (sulfide) groups is 1. The molecule has 11 nitrogen and oxygen atoms in total. The van der Waals surface area contributed by atoms with Crippen LogP contribution >= 0.6 is 11.8 Å². The monoisotopic (exact) mass is 453 g/mol. The molecule has 2 aromatic carbocycles. The molecule has 0 spiro atoms. The Kier molecular flexibility index (Phi) is 4.78. The summed E-state index contributed by atoms with van der Waals surface area (Å²) >= 11 is 1.27. The van der Waals surface area contributed by atoms with Crippen LogP contribution in [0.4, 0.5) is 11.4 Å². The van der Waals surface area contributed by atoms with Crippen molar-refractivity contribution in [2.45, 2.75) is 18.3 Å². The number of nitro benzene ring substituents is 1. The average Bonchev–Trinajstić information content (AvgIpc) is 3.19. The minimum atomic E-state index is -1.21. The smallest absolute Gasteiger partial charge is 0.282 e. The number of nitro groups is 1. The van der Waals surface area contributed by atoms with Crippen molar-refractivity contribution in [2.75, 3.05) is 17.9 Å². The highest BCUT2D eigenvalue weighted by molar-refractivity contribution is 7.98. The van der Waals surface area contributed by atoms with Gasteiger partial charge in [0, 0.05) is 12.5 Å². The van der Waals surface area contributed by atoms with Gasteiger partial charge in [-0.15, -0.1) is 10.2 Å². The van der Waals surface area contributed by atoms with Gasteiger partial charge in [-0.2, -0.15) is 4.98 Å². The highest BCUT2D eigenvalue weighted by atomic mass is 32.2. The summed E-state index contributed by atoms with van der Waals surface area (Å²) in [4.78, 5) is 30.0. The zero-order valence-electron chi connectivity index (χ0n) is 16.8. The van der Waals surface area contributed by atoms with E-state index >= 15 is 0 Å². The van der Waals surface area contributed by atoms with Gasteiger partial charge in [-0.3, -0.25) is 19.8 Å². The van der Waals surface area contributed by atoms with Crippen molar-refractivity contribution in [1.29, 1.82) is 0 Å². The van der Waals surface area contributed by atoms with E-state index < -0.39 is 11.2 Å². The summed E-state index contributed by atoms with van der Waals surface area (Å²) in [5.41, 5.74) is 1.19. The average molecular weight is 453 g/mol. The Hall–Kier alpha value is -3.93. The van der Waals surface area contributed by atoms with Crippen LogP contribution in [0.1, 0.15) is 18.7 Å². The largest absolute Gasteiger partial charge is 0.454 e. The molecule has 0 bridgehead atoms. The molecule has 0 N–H and O–H groups in total. The van der Waals surface area contributed by atoms with Gasteiger partial charge in [0.2, 0.25) is 30.0 Å². The van der Waals surface area contributed by atoms with Gasteiger partial charge in [0.15, 0.2) is 17.2 Å². The van der Waals surface area contributed by atoms with Crippen LogP contribution in [-0.4, -0.2) is 39.1 Å². The molecular weight excluding hydrogens is 438 g/mol. The third-order valence-electron chi connectivity index (χ3n) is 5.02. The van der Waals surface area contributed by atoms with Crippen molar-refractivity contribution in [3.05, 3.63) is 52.1 Å². The summed E-state index contributed by atoms with van der Waals surface area (Å²) in [5.74, 6) is 0.289. The molecule has 3 heterocycles. The molecule has 0 saturated heterocycles. The molecule has 3 aromatic rings. The predicted molar refractivity (Wildman–Crippen MR) is 113 cm³/mol. The maximum absolute atomic E-state index is 12.8. The van der Waals surface area contributed by atoms with E-state index in [0.717, 1.165) is 0 Å². The second-order valence-corrected chi connectivity index (χ2v) is 7.62. The lowest BCUT2D eigenvalue weighted by molar-refractivity contribution is -0.386. The van der Waals surface area contributed by atoms with Crippen molar-refractivity contribution in [3.8, 4) is 28.6 Å². The summed E-state index contributed by atoms with van der Waals surface area (Å²) in [6.45, 7) is 1.30. The Bertz CT molecular complexity index is 1270. The van der Waals surface area contributed by atoms with Gasteiger partial charge in [0.1, 0.15) is 0 Å². The molecule has 1 amide bonds. The van der Waals surface area contributed by atoms with Gasteiger partial charge in [-0.05, 0) is 18.4 Å². The molecule has 32 heavy (non-hydrogen) atoms. The van der Waals surface area contributed by atoms with E-state index in [4.69, 9.17) is 14.2 Å². The first-order valence-electron chi connectivity index (χ1n) is 9.40. The maximum Gasteiger partial charge on any atom is 0.282 e. The topological polar surface area (TPSA) is 130 Å². The number of rotatable bonds is 3. The van der Waals surface area contributed by atoms with Gasteiger partial charge in [-0.1, -0.05) is 30.0 Å². The highest BCUT2D eigenvalue weighted by Gasteiger charge is 2.39. The minimum Gasteiger partial charge on any atom is -0.454 e. The second kappa shape index (κ2) is 7.64. The van der Waals surface area contributed by atoms with Crippen LogP contribution in [-0.2, 0) is 4.79 Å². The lowest BCUT2D eigenvalue weighted by atomic mass is 10.1. The lowest BCUT2D eigenvalue weighted by Gasteiger charge is -2.29. The van der Waals surface area contributed by atoms with Crippen molar-refractivity contribution in [3.63, 3.8) is 0 Å². The quantitative estimate of drug-likeness (QED) is 0.331. The molecular formula is C20H15N5O6S. The molecule has 5 rings (SSSR count). The predicted octanol–water partition coefficient (Wildman–Crippen LogP) is 3.34. The molecule has 162 valence electrons. The number of aromatic nitrogens is 3. The van der Waals surface area contributed by atoms with E-state index in [0.29, 0.717) is 27.9 Å². The maximum atomic E-state index is 12.8. The highest BCUT2D eigenvalue weighted by Crippen LogP contribution is 2.47. The fourth-order valence-electron chi connectivity index (χ4n) is 3.64. The number of nitrogens with zero attached hydrogens (tertiary/aromatic N) is 5. The number of para-hydroxylation sites is 1. The summed E-state index contributed by atoms with van der Waals surface area (Å²) < 4.78 is 16.9. The molecule has 0 unspecified atom stereocenters. The molecule has 0 saturated carbocycles. The Balaban J connectivity index is 1.79.